The van der Waals surface area contributed by atoms with Crippen LogP contribution in [0.1, 0.15) is 5.56 Å². The Morgan fingerprint density at radius 3 is 2.32 bits per heavy atom. The van der Waals surface area contributed by atoms with E-state index in [0.717, 1.165) is 17.7 Å². The molecular formula is C41H28N2S. The maximum absolute atomic E-state index is 4.55. The monoisotopic (exact) mass is 580 g/mol. The van der Waals surface area contributed by atoms with Gasteiger partial charge in [-0.3, -0.25) is 0 Å². The smallest absolute Gasteiger partial charge is 0.0641 e. The number of anilines is 2. The second kappa shape index (κ2) is 9.84. The fraction of sp³-hybridized carbons (Fsp3) is 0.0244. The molecule has 1 aliphatic rings. The van der Waals surface area contributed by atoms with Crippen LogP contribution in [0.4, 0.5) is 11.4 Å². The van der Waals surface area contributed by atoms with Crippen LogP contribution in [0.15, 0.2) is 152 Å². The lowest BCUT2D eigenvalue weighted by Gasteiger charge is -2.27. The predicted octanol–water partition coefficient (Wildman–Crippen LogP) is 11.6. The molecule has 3 heteroatoms. The van der Waals surface area contributed by atoms with Crippen LogP contribution in [0.25, 0.3) is 64.0 Å². The van der Waals surface area contributed by atoms with E-state index in [2.05, 4.69) is 162 Å². The number of nitrogens with zero attached hydrogens (tertiary/aromatic N) is 2. The standard InChI is InChI=1S/C41H28N2S/c1-27-13-4-3-11-24-42(29-14-5-2-6-15-29)38-25-28-22-23-32-30-16-7-9-19-36(30)43(40(32)35(28)26-34(27)38)37-20-12-18-33-31-17-8-10-21-39(31)44-41(33)37/h2-23,25-26H,1,24H2/b11-3-,13-4-. The number of thiophene rings is 1. The minimum atomic E-state index is 0.774. The highest BCUT2D eigenvalue weighted by molar-refractivity contribution is 7.26. The molecule has 3 heterocycles. The first kappa shape index (κ1) is 25.1. The topological polar surface area (TPSA) is 8.17 Å². The summed E-state index contributed by atoms with van der Waals surface area (Å²) in [5.41, 5.74) is 8.15. The molecule has 44 heavy (non-hydrogen) atoms. The highest BCUT2D eigenvalue weighted by Crippen LogP contribution is 2.44. The van der Waals surface area contributed by atoms with Crippen molar-refractivity contribution in [1.82, 2.24) is 4.57 Å². The molecule has 0 radical (unpaired) electrons. The minimum Gasteiger partial charge on any atom is -0.337 e. The summed E-state index contributed by atoms with van der Waals surface area (Å²) >= 11 is 1.88. The Labute approximate surface area is 259 Å². The summed E-state index contributed by atoms with van der Waals surface area (Å²) in [6.45, 7) is 5.32. The largest absolute Gasteiger partial charge is 0.337 e. The molecule has 0 saturated heterocycles. The van der Waals surface area contributed by atoms with Crippen molar-refractivity contribution in [2.75, 3.05) is 11.4 Å². The fourth-order valence-corrected chi connectivity index (χ4v) is 8.12. The number of hydrogen-bond acceptors (Lipinski definition) is 2. The normalized spacial score (nSPS) is 15.1. The van der Waals surface area contributed by atoms with Crippen molar-refractivity contribution in [2.45, 2.75) is 0 Å². The maximum Gasteiger partial charge on any atom is 0.0641 e. The zero-order valence-electron chi connectivity index (χ0n) is 24.1. The van der Waals surface area contributed by atoms with Crippen LogP contribution in [0.3, 0.4) is 0 Å². The van der Waals surface area contributed by atoms with Crippen molar-refractivity contribution in [3.63, 3.8) is 0 Å². The minimum absolute atomic E-state index is 0.774. The molecule has 9 rings (SSSR count). The van der Waals surface area contributed by atoms with Gasteiger partial charge < -0.3 is 9.47 Å². The molecule has 0 aliphatic carbocycles. The van der Waals surface area contributed by atoms with Crippen LogP contribution in [0, 0.1) is 0 Å². The number of allylic oxidation sites excluding steroid dienone is 4. The lowest BCUT2D eigenvalue weighted by Crippen LogP contribution is -2.18. The molecule has 1 aliphatic heterocycles. The zero-order chi connectivity index (χ0) is 29.2. The van der Waals surface area contributed by atoms with E-state index in [1.54, 1.807) is 0 Å². The second-order valence-corrected chi connectivity index (χ2v) is 12.5. The quantitative estimate of drug-likeness (QED) is 0.197. The molecule has 8 aromatic rings. The summed E-state index contributed by atoms with van der Waals surface area (Å²) in [6.07, 6.45) is 8.56. The summed E-state index contributed by atoms with van der Waals surface area (Å²) in [5, 5.41) is 7.59. The van der Waals surface area contributed by atoms with E-state index in [9.17, 15) is 0 Å². The maximum atomic E-state index is 4.55. The van der Waals surface area contributed by atoms with Gasteiger partial charge in [0.1, 0.15) is 0 Å². The Morgan fingerprint density at radius 1 is 0.614 bits per heavy atom. The highest BCUT2D eigenvalue weighted by Gasteiger charge is 2.21. The van der Waals surface area contributed by atoms with Crippen molar-refractivity contribution in [1.29, 1.82) is 0 Å². The first-order valence-corrected chi connectivity index (χ1v) is 15.8. The molecule has 0 amide bonds. The van der Waals surface area contributed by atoms with Crippen molar-refractivity contribution in [3.8, 4) is 5.69 Å². The Kier molecular flexibility index (Phi) is 5.62. The Morgan fingerprint density at radius 2 is 1.41 bits per heavy atom. The summed E-state index contributed by atoms with van der Waals surface area (Å²) in [7, 11) is 0. The molecule has 0 spiro atoms. The van der Waals surface area contributed by atoms with Crippen molar-refractivity contribution in [3.05, 3.63) is 158 Å². The van der Waals surface area contributed by atoms with E-state index >= 15 is 0 Å². The molecule has 0 saturated carbocycles. The number of fused-ring (bicyclic) bond motifs is 9. The Hall–Kier alpha value is -5.38. The van der Waals surface area contributed by atoms with Gasteiger partial charge in [-0.2, -0.15) is 0 Å². The van der Waals surface area contributed by atoms with Crippen molar-refractivity contribution in [2.24, 2.45) is 0 Å². The molecule has 0 bridgehead atoms. The van der Waals surface area contributed by atoms with Gasteiger partial charge in [-0.1, -0.05) is 110 Å². The first-order valence-electron chi connectivity index (χ1n) is 15.0. The van der Waals surface area contributed by atoms with Crippen LogP contribution >= 0.6 is 11.3 Å². The molecule has 2 nitrogen and oxygen atoms in total. The number of hydrogen-bond donors (Lipinski definition) is 0. The van der Waals surface area contributed by atoms with Gasteiger partial charge in [0.05, 0.1) is 21.4 Å². The predicted molar refractivity (Wildman–Crippen MR) is 192 cm³/mol. The van der Waals surface area contributed by atoms with E-state index in [0.29, 0.717) is 0 Å². The zero-order valence-corrected chi connectivity index (χ0v) is 24.9. The third kappa shape index (κ3) is 3.73. The number of benzene rings is 6. The van der Waals surface area contributed by atoms with E-state index < -0.39 is 0 Å². The second-order valence-electron chi connectivity index (χ2n) is 11.4. The Balaban J connectivity index is 1.41. The highest BCUT2D eigenvalue weighted by atomic mass is 32.1. The molecule has 0 unspecified atom stereocenters. The van der Waals surface area contributed by atoms with Gasteiger partial charge in [0.25, 0.3) is 0 Å². The first-order chi connectivity index (χ1) is 21.8. The molecule has 0 fully saturated rings. The van der Waals surface area contributed by atoms with Crippen molar-refractivity contribution < 1.29 is 0 Å². The fourth-order valence-electron chi connectivity index (χ4n) is 6.92. The average molecular weight is 581 g/mol. The van der Waals surface area contributed by atoms with Gasteiger partial charge in [0, 0.05) is 55.1 Å². The van der Waals surface area contributed by atoms with Crippen LogP contribution in [0.5, 0.6) is 0 Å². The summed E-state index contributed by atoms with van der Waals surface area (Å²) in [6, 6.07) is 44.3. The average Bonchev–Trinajstić information content (AvgIpc) is 3.64. The van der Waals surface area contributed by atoms with Crippen LogP contribution < -0.4 is 4.90 Å². The summed E-state index contributed by atoms with van der Waals surface area (Å²) in [5.74, 6) is 0. The number of rotatable bonds is 2. The molecule has 208 valence electrons. The lowest BCUT2D eigenvalue weighted by molar-refractivity contribution is 1.10. The molecule has 0 atom stereocenters. The molecule has 2 aromatic heterocycles. The Bertz CT molecular complexity index is 2490. The van der Waals surface area contributed by atoms with Crippen LogP contribution in [-0.2, 0) is 0 Å². The van der Waals surface area contributed by atoms with Crippen molar-refractivity contribution >= 4 is 81.0 Å². The van der Waals surface area contributed by atoms with Crippen LogP contribution in [0.2, 0.25) is 0 Å². The van der Waals surface area contributed by atoms with Crippen LogP contribution in [-0.4, -0.2) is 11.1 Å². The van der Waals surface area contributed by atoms with Gasteiger partial charge >= 0.3 is 0 Å². The molecular weight excluding hydrogens is 553 g/mol. The number of aromatic nitrogens is 1. The van der Waals surface area contributed by atoms with Gasteiger partial charge in [-0.15, -0.1) is 11.3 Å². The summed E-state index contributed by atoms with van der Waals surface area (Å²) in [4.78, 5) is 2.39. The third-order valence-electron chi connectivity index (χ3n) is 8.93. The molecule has 0 N–H and O–H groups in total. The van der Waals surface area contributed by atoms with Gasteiger partial charge in [0.15, 0.2) is 0 Å². The van der Waals surface area contributed by atoms with E-state index in [4.69, 9.17) is 0 Å². The van der Waals surface area contributed by atoms with E-state index in [-0.39, 0.29) is 0 Å². The molecule has 6 aromatic carbocycles. The van der Waals surface area contributed by atoms with Gasteiger partial charge in [0.2, 0.25) is 0 Å². The van der Waals surface area contributed by atoms with E-state index in [1.807, 2.05) is 11.3 Å². The SMILES string of the molecule is C=C1/C=C\C=C/CN(c2ccccc2)c2cc3ccc4c5ccccc5n(-c5cccc6c5sc5ccccc56)c4c3cc21. The summed E-state index contributed by atoms with van der Waals surface area (Å²) < 4.78 is 5.13. The lowest BCUT2D eigenvalue weighted by atomic mass is 9.96. The van der Waals surface area contributed by atoms with E-state index in [1.165, 1.54) is 69.8 Å². The van der Waals surface area contributed by atoms with Gasteiger partial charge in [-0.25, -0.2) is 0 Å². The number of para-hydroxylation sites is 2. The third-order valence-corrected chi connectivity index (χ3v) is 10.1. The van der Waals surface area contributed by atoms with Gasteiger partial charge in [-0.05, 0) is 53.4 Å².